The predicted octanol–water partition coefficient (Wildman–Crippen LogP) is 0.976. The van der Waals surface area contributed by atoms with Crippen LogP contribution >= 0.6 is 0 Å². The molecule has 2 aliphatic rings. The lowest BCUT2D eigenvalue weighted by Crippen LogP contribution is -2.49. The molecule has 0 saturated carbocycles. The fourth-order valence-corrected chi connectivity index (χ4v) is 3.04. The van der Waals surface area contributed by atoms with Crippen LogP contribution in [0.1, 0.15) is 24.8 Å². The third kappa shape index (κ3) is 4.35. The molecule has 128 valence electrons. The SMILES string of the molecule is O=C(CN1NC(c2ccccc2)=CCC1=O)NCCN1CCCC1. The first kappa shape index (κ1) is 16.5. The molecule has 0 aromatic heterocycles. The standard InChI is InChI=1S/C18H24N4O2/c23-17(19-10-13-21-11-4-5-12-21)14-22-18(24)9-8-16(20-22)15-6-2-1-3-7-15/h1-3,6-8,20H,4-5,9-14H2,(H,19,23). The molecule has 1 saturated heterocycles. The molecule has 0 atom stereocenters. The van der Waals surface area contributed by atoms with Gasteiger partial charge in [0.05, 0.1) is 5.70 Å². The topological polar surface area (TPSA) is 64.7 Å². The molecule has 0 spiro atoms. The number of likely N-dealkylation sites (tertiary alicyclic amines) is 1. The summed E-state index contributed by atoms with van der Waals surface area (Å²) in [5.41, 5.74) is 4.92. The van der Waals surface area contributed by atoms with Gasteiger partial charge in [-0.2, -0.15) is 0 Å². The van der Waals surface area contributed by atoms with Crippen molar-refractivity contribution in [2.75, 3.05) is 32.7 Å². The molecule has 2 aliphatic heterocycles. The summed E-state index contributed by atoms with van der Waals surface area (Å²) >= 11 is 0. The molecule has 24 heavy (non-hydrogen) atoms. The van der Waals surface area contributed by atoms with Gasteiger partial charge < -0.3 is 10.2 Å². The number of hydrazine groups is 1. The Morgan fingerprint density at radius 3 is 2.67 bits per heavy atom. The van der Waals surface area contributed by atoms with Gasteiger partial charge in [0, 0.05) is 19.5 Å². The average Bonchev–Trinajstić information content (AvgIpc) is 3.11. The van der Waals surface area contributed by atoms with Gasteiger partial charge in [-0.15, -0.1) is 0 Å². The average molecular weight is 328 g/mol. The molecule has 0 unspecified atom stereocenters. The lowest BCUT2D eigenvalue weighted by molar-refractivity contribution is -0.137. The van der Waals surface area contributed by atoms with Gasteiger partial charge in [-0.1, -0.05) is 30.3 Å². The summed E-state index contributed by atoms with van der Waals surface area (Å²) in [4.78, 5) is 26.5. The van der Waals surface area contributed by atoms with Crippen molar-refractivity contribution in [2.45, 2.75) is 19.3 Å². The van der Waals surface area contributed by atoms with Crippen LogP contribution < -0.4 is 10.7 Å². The van der Waals surface area contributed by atoms with Crippen LogP contribution in [0, 0.1) is 0 Å². The molecule has 1 fully saturated rings. The van der Waals surface area contributed by atoms with Crippen molar-refractivity contribution >= 4 is 17.5 Å². The summed E-state index contributed by atoms with van der Waals surface area (Å²) < 4.78 is 0. The minimum absolute atomic E-state index is 0.0308. The van der Waals surface area contributed by atoms with Gasteiger partial charge in [-0.25, -0.2) is 5.01 Å². The fraction of sp³-hybridized carbons (Fsp3) is 0.444. The molecule has 6 heteroatoms. The smallest absolute Gasteiger partial charge is 0.245 e. The highest BCUT2D eigenvalue weighted by molar-refractivity contribution is 5.88. The van der Waals surface area contributed by atoms with Crippen LogP contribution in [0.4, 0.5) is 0 Å². The first-order valence-corrected chi connectivity index (χ1v) is 8.54. The third-order valence-corrected chi connectivity index (χ3v) is 4.37. The highest BCUT2D eigenvalue weighted by atomic mass is 16.2. The van der Waals surface area contributed by atoms with Gasteiger partial charge in [0.2, 0.25) is 11.8 Å². The Bertz CT molecular complexity index is 609. The monoisotopic (exact) mass is 328 g/mol. The van der Waals surface area contributed by atoms with Crippen molar-refractivity contribution in [2.24, 2.45) is 0 Å². The van der Waals surface area contributed by atoms with Crippen molar-refractivity contribution in [3.8, 4) is 0 Å². The number of benzene rings is 1. The zero-order chi connectivity index (χ0) is 16.8. The predicted molar refractivity (Wildman–Crippen MR) is 92.6 cm³/mol. The zero-order valence-electron chi connectivity index (χ0n) is 13.8. The molecule has 1 aromatic rings. The fourth-order valence-electron chi connectivity index (χ4n) is 3.04. The number of nitrogens with one attached hydrogen (secondary N) is 2. The van der Waals surface area contributed by atoms with Crippen molar-refractivity contribution in [1.82, 2.24) is 20.7 Å². The Hall–Kier alpha value is -2.34. The molecule has 0 radical (unpaired) electrons. The molecule has 2 amide bonds. The molecular weight excluding hydrogens is 304 g/mol. The van der Waals surface area contributed by atoms with Gasteiger partial charge in [-0.05, 0) is 37.6 Å². The second-order valence-electron chi connectivity index (χ2n) is 6.18. The molecule has 2 heterocycles. The minimum Gasteiger partial charge on any atom is -0.353 e. The Balaban J connectivity index is 1.48. The summed E-state index contributed by atoms with van der Waals surface area (Å²) in [5.74, 6) is -0.228. The van der Waals surface area contributed by atoms with Crippen molar-refractivity contribution < 1.29 is 9.59 Å². The van der Waals surface area contributed by atoms with Crippen LogP contribution in [0.15, 0.2) is 36.4 Å². The maximum Gasteiger partial charge on any atom is 0.245 e. The number of hydrogen-bond acceptors (Lipinski definition) is 4. The van der Waals surface area contributed by atoms with Gasteiger partial charge in [0.1, 0.15) is 6.54 Å². The molecular formula is C18H24N4O2. The number of hydrogen-bond donors (Lipinski definition) is 2. The van der Waals surface area contributed by atoms with Crippen LogP contribution in [0.5, 0.6) is 0 Å². The van der Waals surface area contributed by atoms with Gasteiger partial charge in [-0.3, -0.25) is 15.0 Å². The first-order chi connectivity index (χ1) is 11.7. The summed E-state index contributed by atoms with van der Waals surface area (Å²) in [5, 5.41) is 4.29. The summed E-state index contributed by atoms with van der Waals surface area (Å²) in [6.45, 7) is 3.77. The van der Waals surface area contributed by atoms with Gasteiger partial charge in [0.25, 0.3) is 0 Å². The normalized spacial score (nSPS) is 18.2. The van der Waals surface area contributed by atoms with Crippen LogP contribution in [0.2, 0.25) is 0 Å². The van der Waals surface area contributed by atoms with Crippen LogP contribution in [-0.2, 0) is 9.59 Å². The lowest BCUT2D eigenvalue weighted by atomic mass is 10.1. The lowest BCUT2D eigenvalue weighted by Gasteiger charge is -2.29. The molecule has 0 aliphatic carbocycles. The largest absolute Gasteiger partial charge is 0.353 e. The number of carbonyl (C=O) groups excluding carboxylic acids is 2. The summed E-state index contributed by atoms with van der Waals surface area (Å²) in [6.07, 6.45) is 4.65. The van der Waals surface area contributed by atoms with E-state index in [1.54, 1.807) is 0 Å². The van der Waals surface area contributed by atoms with E-state index in [2.05, 4.69) is 15.6 Å². The molecule has 6 nitrogen and oxygen atoms in total. The number of nitrogens with zero attached hydrogens (tertiary/aromatic N) is 2. The van der Waals surface area contributed by atoms with Crippen molar-refractivity contribution in [3.05, 3.63) is 42.0 Å². The van der Waals surface area contributed by atoms with E-state index in [4.69, 9.17) is 0 Å². The van der Waals surface area contributed by atoms with E-state index in [0.29, 0.717) is 13.0 Å². The van der Waals surface area contributed by atoms with E-state index >= 15 is 0 Å². The Morgan fingerprint density at radius 2 is 1.92 bits per heavy atom. The second-order valence-corrected chi connectivity index (χ2v) is 6.18. The molecule has 2 N–H and O–H groups in total. The minimum atomic E-state index is -0.135. The maximum atomic E-state index is 12.1. The molecule has 3 rings (SSSR count). The van der Waals surface area contributed by atoms with Crippen LogP contribution in [0.25, 0.3) is 5.70 Å². The highest BCUT2D eigenvalue weighted by Crippen LogP contribution is 2.16. The zero-order valence-corrected chi connectivity index (χ0v) is 13.8. The second kappa shape index (κ2) is 7.97. The van der Waals surface area contributed by atoms with E-state index in [9.17, 15) is 9.59 Å². The van der Waals surface area contributed by atoms with Crippen LogP contribution in [-0.4, -0.2) is 54.4 Å². The van der Waals surface area contributed by atoms with Crippen molar-refractivity contribution in [3.63, 3.8) is 0 Å². The number of amides is 2. The molecule has 0 bridgehead atoms. The summed E-state index contributed by atoms with van der Waals surface area (Å²) in [6, 6.07) is 9.79. The van der Waals surface area contributed by atoms with E-state index in [-0.39, 0.29) is 18.4 Å². The first-order valence-electron chi connectivity index (χ1n) is 8.54. The Morgan fingerprint density at radius 1 is 1.17 bits per heavy atom. The van der Waals surface area contributed by atoms with Gasteiger partial charge in [0.15, 0.2) is 0 Å². The van der Waals surface area contributed by atoms with Crippen LogP contribution in [0.3, 0.4) is 0 Å². The third-order valence-electron chi connectivity index (χ3n) is 4.37. The number of carbonyl (C=O) groups is 2. The maximum absolute atomic E-state index is 12.1. The van der Waals surface area contributed by atoms with E-state index in [0.717, 1.165) is 30.9 Å². The molecule has 1 aromatic carbocycles. The Kier molecular flexibility index (Phi) is 5.48. The number of rotatable bonds is 6. The summed E-state index contributed by atoms with van der Waals surface area (Å²) in [7, 11) is 0. The van der Waals surface area contributed by atoms with E-state index in [1.165, 1.54) is 17.9 Å². The van der Waals surface area contributed by atoms with E-state index < -0.39 is 0 Å². The Labute approximate surface area is 142 Å². The van der Waals surface area contributed by atoms with Crippen molar-refractivity contribution in [1.29, 1.82) is 0 Å². The van der Waals surface area contributed by atoms with Gasteiger partial charge >= 0.3 is 0 Å². The van der Waals surface area contributed by atoms with E-state index in [1.807, 2.05) is 36.4 Å². The quantitative estimate of drug-likeness (QED) is 0.817. The highest BCUT2D eigenvalue weighted by Gasteiger charge is 2.22.